The van der Waals surface area contributed by atoms with Crippen LogP contribution in [-0.4, -0.2) is 43.7 Å². The maximum Gasteiger partial charge on any atom is 0.322 e. The van der Waals surface area contributed by atoms with E-state index < -0.39 is 22.0 Å². The van der Waals surface area contributed by atoms with Crippen LogP contribution in [0.15, 0.2) is 28.6 Å². The maximum atomic E-state index is 12.4. The number of ether oxygens (including phenoxy) is 1. The Balaban J connectivity index is 1.88. The molecule has 3 rings (SSSR count). The molecule has 0 radical (unpaired) electrons. The molecule has 3 heterocycles. The normalized spacial score (nSPS) is 20.3. The number of pyridine rings is 1. The number of nitrogens with one attached hydrogen (secondary N) is 1. The van der Waals surface area contributed by atoms with Gasteiger partial charge in [-0.25, -0.2) is 8.42 Å². The highest BCUT2D eigenvalue weighted by atomic mass is 32.2. The molecule has 9 heteroatoms. The van der Waals surface area contributed by atoms with E-state index in [9.17, 15) is 18.3 Å². The van der Waals surface area contributed by atoms with Crippen LogP contribution < -0.4 is 4.72 Å². The number of aliphatic carboxylic acids is 1. The molecule has 2 atom stereocenters. The number of hydrogen-bond acceptors (Lipinski definition) is 6. The third-order valence-corrected chi connectivity index (χ3v) is 5.83. The second-order valence-corrected chi connectivity index (χ2v) is 7.70. The third-order valence-electron chi connectivity index (χ3n) is 3.57. The number of nitrogens with zero attached hydrogens (tertiary/aromatic N) is 1. The van der Waals surface area contributed by atoms with E-state index in [1.165, 1.54) is 23.6 Å². The molecule has 1 aliphatic rings. The number of carbonyl (C=O) groups is 1. The lowest BCUT2D eigenvalue weighted by atomic mass is 10.0. The standard InChI is InChI=1S/C13H14N2O5S2/c16-13(17)12(8-1-3-20-7-8)15-22(18,19)9-5-11-10(14-6-9)2-4-21-11/h2,4-6,8,12,15H,1,3,7H2,(H,16,17). The predicted octanol–water partition coefficient (Wildman–Crippen LogP) is 1.06. The Hall–Kier alpha value is -1.55. The Bertz CT molecular complexity index is 796. The molecule has 2 aromatic rings. The summed E-state index contributed by atoms with van der Waals surface area (Å²) in [6.45, 7) is 0.681. The summed E-state index contributed by atoms with van der Waals surface area (Å²) in [6.07, 6.45) is 1.75. The zero-order valence-corrected chi connectivity index (χ0v) is 13.1. The minimum atomic E-state index is -3.95. The van der Waals surface area contributed by atoms with Gasteiger partial charge in [0, 0.05) is 18.7 Å². The van der Waals surface area contributed by atoms with E-state index in [0.717, 1.165) is 4.70 Å². The lowest BCUT2D eigenvalue weighted by Crippen LogP contribution is -2.46. The Morgan fingerprint density at radius 1 is 1.55 bits per heavy atom. The zero-order valence-electron chi connectivity index (χ0n) is 11.4. The third kappa shape index (κ3) is 2.98. The highest BCUT2D eigenvalue weighted by Gasteiger charge is 2.35. The van der Waals surface area contributed by atoms with Crippen LogP contribution in [0.3, 0.4) is 0 Å². The van der Waals surface area contributed by atoms with Crippen LogP contribution in [0.5, 0.6) is 0 Å². The fraction of sp³-hybridized carbons (Fsp3) is 0.385. The number of rotatable bonds is 5. The number of carboxylic acid groups (broad SMARTS) is 1. The van der Waals surface area contributed by atoms with Crippen molar-refractivity contribution in [1.29, 1.82) is 0 Å². The molecule has 7 nitrogen and oxygen atoms in total. The molecule has 1 aliphatic heterocycles. The molecule has 0 amide bonds. The molecule has 2 aromatic heterocycles. The molecule has 0 saturated carbocycles. The van der Waals surface area contributed by atoms with Crippen molar-refractivity contribution in [2.24, 2.45) is 5.92 Å². The van der Waals surface area contributed by atoms with Crippen LogP contribution in [0.1, 0.15) is 6.42 Å². The molecular formula is C13H14N2O5S2. The van der Waals surface area contributed by atoms with Gasteiger partial charge in [-0.2, -0.15) is 4.72 Å². The summed E-state index contributed by atoms with van der Waals surface area (Å²) in [5.41, 5.74) is 0.711. The smallest absolute Gasteiger partial charge is 0.322 e. The summed E-state index contributed by atoms with van der Waals surface area (Å²) in [6, 6.07) is 2.09. The Labute approximate surface area is 131 Å². The molecule has 118 valence electrons. The molecule has 2 unspecified atom stereocenters. The van der Waals surface area contributed by atoms with Crippen LogP contribution >= 0.6 is 11.3 Å². The number of aromatic nitrogens is 1. The fourth-order valence-electron chi connectivity index (χ4n) is 2.37. The van der Waals surface area contributed by atoms with E-state index in [-0.39, 0.29) is 17.4 Å². The van der Waals surface area contributed by atoms with Gasteiger partial charge in [-0.05, 0) is 23.9 Å². The van der Waals surface area contributed by atoms with Crippen molar-refractivity contribution < 1.29 is 23.1 Å². The van der Waals surface area contributed by atoms with Crippen molar-refractivity contribution in [3.05, 3.63) is 23.7 Å². The highest BCUT2D eigenvalue weighted by molar-refractivity contribution is 7.89. The van der Waals surface area contributed by atoms with Gasteiger partial charge in [0.25, 0.3) is 0 Å². The summed E-state index contributed by atoms with van der Waals surface area (Å²) in [5, 5.41) is 11.1. The van der Waals surface area contributed by atoms with E-state index in [0.29, 0.717) is 18.5 Å². The first-order valence-corrected chi connectivity index (χ1v) is 9.00. The Kier molecular flexibility index (Phi) is 4.13. The van der Waals surface area contributed by atoms with E-state index >= 15 is 0 Å². The van der Waals surface area contributed by atoms with Crippen LogP contribution in [0.2, 0.25) is 0 Å². The second-order valence-electron chi connectivity index (χ2n) is 5.04. The van der Waals surface area contributed by atoms with Crippen molar-refractivity contribution >= 4 is 37.5 Å². The zero-order chi connectivity index (χ0) is 15.7. The first kappa shape index (κ1) is 15.3. The highest BCUT2D eigenvalue weighted by Crippen LogP contribution is 2.23. The van der Waals surface area contributed by atoms with Gasteiger partial charge in [-0.3, -0.25) is 9.78 Å². The van der Waals surface area contributed by atoms with Crippen LogP contribution in [0.25, 0.3) is 10.2 Å². The Morgan fingerprint density at radius 2 is 2.36 bits per heavy atom. The summed E-state index contributed by atoms with van der Waals surface area (Å²) in [5.74, 6) is -1.57. The van der Waals surface area contributed by atoms with Crippen LogP contribution in [0, 0.1) is 5.92 Å². The molecule has 0 spiro atoms. The monoisotopic (exact) mass is 342 g/mol. The van der Waals surface area contributed by atoms with E-state index in [2.05, 4.69) is 9.71 Å². The average Bonchev–Trinajstić information content (AvgIpc) is 3.14. The molecular weight excluding hydrogens is 328 g/mol. The summed E-state index contributed by atoms with van der Waals surface area (Å²) in [4.78, 5) is 15.4. The SMILES string of the molecule is O=C(O)C(NS(=O)(=O)c1cnc2ccsc2c1)C1CCOC1. The topological polar surface area (TPSA) is 106 Å². The molecule has 0 bridgehead atoms. The van der Waals surface area contributed by atoms with Crippen molar-refractivity contribution in [1.82, 2.24) is 9.71 Å². The van der Waals surface area contributed by atoms with Gasteiger partial charge in [0.2, 0.25) is 10.0 Å². The number of fused-ring (bicyclic) bond motifs is 1. The number of carboxylic acids is 1. The van der Waals surface area contributed by atoms with E-state index in [4.69, 9.17) is 4.74 Å². The van der Waals surface area contributed by atoms with Gasteiger partial charge in [-0.15, -0.1) is 11.3 Å². The molecule has 22 heavy (non-hydrogen) atoms. The average molecular weight is 342 g/mol. The van der Waals surface area contributed by atoms with Gasteiger partial charge >= 0.3 is 5.97 Å². The second kappa shape index (κ2) is 5.92. The summed E-state index contributed by atoms with van der Waals surface area (Å²) in [7, 11) is -3.95. The lowest BCUT2D eigenvalue weighted by molar-refractivity contribution is -0.140. The first-order valence-electron chi connectivity index (χ1n) is 6.63. The van der Waals surface area contributed by atoms with Crippen molar-refractivity contribution in [2.75, 3.05) is 13.2 Å². The minimum Gasteiger partial charge on any atom is -0.480 e. The molecule has 1 fully saturated rings. The summed E-state index contributed by atoms with van der Waals surface area (Å²) < 4.78 is 33.0. The molecule has 2 N–H and O–H groups in total. The van der Waals surface area contributed by atoms with Crippen LogP contribution in [0.4, 0.5) is 0 Å². The van der Waals surface area contributed by atoms with Crippen molar-refractivity contribution in [2.45, 2.75) is 17.4 Å². The van der Waals surface area contributed by atoms with Gasteiger partial charge in [-0.1, -0.05) is 0 Å². The van der Waals surface area contributed by atoms with Crippen LogP contribution in [-0.2, 0) is 19.6 Å². The van der Waals surface area contributed by atoms with Gasteiger partial charge in [0.15, 0.2) is 0 Å². The number of hydrogen-bond donors (Lipinski definition) is 2. The van der Waals surface area contributed by atoms with Gasteiger partial charge in [0.1, 0.15) is 10.9 Å². The molecule has 0 aliphatic carbocycles. The molecule has 0 aromatic carbocycles. The largest absolute Gasteiger partial charge is 0.480 e. The maximum absolute atomic E-state index is 12.4. The summed E-state index contributed by atoms with van der Waals surface area (Å²) >= 11 is 1.38. The van der Waals surface area contributed by atoms with E-state index in [1.807, 2.05) is 5.38 Å². The van der Waals surface area contributed by atoms with Crippen molar-refractivity contribution in [3.63, 3.8) is 0 Å². The van der Waals surface area contributed by atoms with Gasteiger partial charge < -0.3 is 9.84 Å². The molecule has 1 saturated heterocycles. The number of thiophene rings is 1. The van der Waals surface area contributed by atoms with Crippen molar-refractivity contribution in [3.8, 4) is 0 Å². The minimum absolute atomic E-state index is 0.0346. The van der Waals surface area contributed by atoms with E-state index in [1.54, 1.807) is 6.07 Å². The number of sulfonamides is 1. The Morgan fingerprint density at radius 3 is 3.05 bits per heavy atom. The predicted molar refractivity (Wildman–Crippen MR) is 80.3 cm³/mol. The first-order chi connectivity index (χ1) is 10.5. The lowest BCUT2D eigenvalue weighted by Gasteiger charge is -2.19. The van der Waals surface area contributed by atoms with Gasteiger partial charge in [0.05, 0.1) is 16.8 Å². The fourth-order valence-corrected chi connectivity index (χ4v) is 4.46. The quantitative estimate of drug-likeness (QED) is 0.842.